The van der Waals surface area contributed by atoms with Crippen molar-refractivity contribution in [2.75, 3.05) is 68.5 Å². The summed E-state index contributed by atoms with van der Waals surface area (Å²) in [5, 5.41) is 11.4. The van der Waals surface area contributed by atoms with Gasteiger partial charge in [-0.25, -0.2) is 4.39 Å². The van der Waals surface area contributed by atoms with E-state index >= 15 is 0 Å². The van der Waals surface area contributed by atoms with Crippen LogP contribution < -0.4 is 21.3 Å². The molecular weight excluding hydrogens is 1160 g/mol. The first-order valence-electron chi connectivity index (χ1n) is 31.7. The predicted molar refractivity (Wildman–Crippen MR) is 323 cm³/mol. The van der Waals surface area contributed by atoms with Gasteiger partial charge in [0.05, 0.1) is 25.2 Å². The standard InChI is InChI=1S/C63H97F4N11O11/c1-13-39(5)54-60(88)74(9)36-52(81)72(7)37-53(82)76(11)49(34-41-21-16-15-17-22-41)59(87)73(8)35-50(79)69-45(27-25-42-24-26-43(44(64)33-42)63(65,66)67)58(86)78-30-20-23-47(78)57(85)71-62(28-18-19-29-62)61(89)77(12)46(14-2)55(83)68-40(6)32-51(80)75(10)48(31-38(3)4)56(84)70-54/h24,26,33,38-41,45-49,54H,13-23,25,27-32,34-37H2,1-12H3,(H,68,83)(H,69,79)(H,70,84)(H,71,85)/t39?,40-,45+,46+,47+,48+,49+,54+/m1/s1. The molecule has 2 heterocycles. The molecule has 2 saturated heterocycles. The lowest BCUT2D eigenvalue weighted by atomic mass is 9.84. The second-order valence-corrected chi connectivity index (χ2v) is 25.8. The largest absolute Gasteiger partial charge is 0.419 e. The Morgan fingerprint density at radius 3 is 1.84 bits per heavy atom. The van der Waals surface area contributed by atoms with Crippen molar-refractivity contribution in [2.24, 2.45) is 17.8 Å². The summed E-state index contributed by atoms with van der Waals surface area (Å²) in [6.45, 7) is 9.01. The number of fused-ring (bicyclic) bond motifs is 1. The van der Waals surface area contributed by atoms with Gasteiger partial charge < -0.3 is 55.6 Å². The molecule has 26 heteroatoms. The predicted octanol–water partition coefficient (Wildman–Crippen LogP) is 4.40. The monoisotopic (exact) mass is 1260 g/mol. The molecule has 1 aromatic rings. The molecular formula is C63H97F4N11O11. The highest BCUT2D eigenvalue weighted by Gasteiger charge is 2.49. The second-order valence-electron chi connectivity index (χ2n) is 25.8. The van der Waals surface area contributed by atoms with E-state index in [1.165, 1.54) is 61.9 Å². The fourth-order valence-electron chi connectivity index (χ4n) is 12.8. The minimum atomic E-state index is -4.99. The van der Waals surface area contributed by atoms with Gasteiger partial charge in [0.1, 0.15) is 47.6 Å². The Balaban J connectivity index is 1.53. The molecule has 11 amide bonds. The average molecular weight is 1260 g/mol. The summed E-state index contributed by atoms with van der Waals surface area (Å²) >= 11 is 0. The molecule has 89 heavy (non-hydrogen) atoms. The summed E-state index contributed by atoms with van der Waals surface area (Å²) in [6.07, 6.45) is 1.47. The van der Waals surface area contributed by atoms with E-state index in [2.05, 4.69) is 21.3 Å². The third kappa shape index (κ3) is 19.1. The van der Waals surface area contributed by atoms with Gasteiger partial charge >= 0.3 is 6.18 Å². The third-order valence-electron chi connectivity index (χ3n) is 18.5. The molecule has 22 nitrogen and oxygen atoms in total. The van der Waals surface area contributed by atoms with Crippen LogP contribution in [0, 0.1) is 23.6 Å². The SMILES string of the molecule is CCC(C)[C@@H]1NC(=O)[C@H](CC(C)C)N(C)C(=O)C[C@@H](C)NC(=O)[C@H](CC)N(C)C(=O)C2(CCCC2)NC(=O)[C@@H]2CCCN2C(=O)[C@H](CCc2ccc(C(F)(F)F)c(F)c2)NC(=O)CN(C)C(=O)[C@H](CC2CCCCC2)N(C)C(=O)CN(C)C(=O)CN(C)C1=O. The van der Waals surface area contributed by atoms with Crippen LogP contribution in [0.2, 0.25) is 0 Å². The molecule has 1 unspecified atom stereocenters. The van der Waals surface area contributed by atoms with Crippen LogP contribution in [-0.4, -0.2) is 216 Å². The number of hydrogen-bond acceptors (Lipinski definition) is 11. The lowest BCUT2D eigenvalue weighted by Gasteiger charge is -2.38. The van der Waals surface area contributed by atoms with Gasteiger partial charge in [-0.3, -0.25) is 52.7 Å². The Morgan fingerprint density at radius 1 is 0.640 bits per heavy atom. The Bertz CT molecular complexity index is 2720. The Hall–Kier alpha value is -6.89. The molecule has 0 radical (unpaired) electrons. The van der Waals surface area contributed by atoms with Gasteiger partial charge in [-0.2, -0.15) is 13.2 Å². The van der Waals surface area contributed by atoms with Crippen LogP contribution in [0.1, 0.15) is 162 Å². The number of benzene rings is 1. The van der Waals surface area contributed by atoms with Gasteiger partial charge in [0.15, 0.2) is 0 Å². The molecule has 498 valence electrons. The molecule has 1 spiro atoms. The molecule has 4 fully saturated rings. The highest BCUT2D eigenvalue weighted by Crippen LogP contribution is 2.35. The number of nitrogens with zero attached hydrogens (tertiary/aromatic N) is 7. The molecule has 2 saturated carbocycles. The van der Waals surface area contributed by atoms with Crippen LogP contribution in [0.15, 0.2) is 18.2 Å². The topological polar surface area (TPSA) is 259 Å². The number of hydrogen-bond donors (Lipinski definition) is 4. The van der Waals surface area contributed by atoms with E-state index in [4.69, 9.17) is 0 Å². The maximum absolute atomic E-state index is 14.9. The van der Waals surface area contributed by atoms with Crippen LogP contribution in [0.4, 0.5) is 17.6 Å². The van der Waals surface area contributed by atoms with E-state index in [1.807, 2.05) is 20.8 Å². The van der Waals surface area contributed by atoms with Gasteiger partial charge in [-0.15, -0.1) is 0 Å². The van der Waals surface area contributed by atoms with E-state index in [0.717, 1.165) is 52.9 Å². The van der Waals surface area contributed by atoms with Gasteiger partial charge in [0.25, 0.3) is 0 Å². The third-order valence-corrected chi connectivity index (χ3v) is 18.5. The summed E-state index contributed by atoms with van der Waals surface area (Å²) in [4.78, 5) is 167. The molecule has 2 aliphatic carbocycles. The summed E-state index contributed by atoms with van der Waals surface area (Å²) in [5.74, 6) is -9.14. The molecule has 2 aliphatic heterocycles. The molecule has 0 bridgehead atoms. The number of amides is 11. The number of carbonyl (C=O) groups excluding carboxylic acids is 11. The molecule has 0 aromatic heterocycles. The summed E-state index contributed by atoms with van der Waals surface area (Å²) < 4.78 is 55.7. The zero-order chi connectivity index (χ0) is 66.4. The number of halogens is 4. The van der Waals surface area contributed by atoms with Crippen molar-refractivity contribution in [1.29, 1.82) is 0 Å². The Morgan fingerprint density at radius 2 is 1.25 bits per heavy atom. The number of aryl methyl sites for hydroxylation is 1. The van der Waals surface area contributed by atoms with Crippen LogP contribution in [-0.2, 0) is 65.3 Å². The minimum absolute atomic E-state index is 0.0178. The maximum atomic E-state index is 14.9. The molecule has 1 aromatic carbocycles. The van der Waals surface area contributed by atoms with E-state index in [1.54, 1.807) is 20.8 Å². The second kappa shape index (κ2) is 32.2. The number of nitrogens with one attached hydrogen (secondary N) is 4. The zero-order valence-corrected chi connectivity index (χ0v) is 54.2. The van der Waals surface area contributed by atoms with Gasteiger partial charge in [0.2, 0.25) is 65.0 Å². The smallest absolute Gasteiger partial charge is 0.351 e. The summed E-state index contributed by atoms with van der Waals surface area (Å²) in [7, 11) is 8.44. The van der Waals surface area contributed by atoms with Crippen molar-refractivity contribution in [1.82, 2.24) is 55.6 Å². The number of carbonyl (C=O) groups is 11. The van der Waals surface area contributed by atoms with E-state index in [0.29, 0.717) is 37.8 Å². The van der Waals surface area contributed by atoms with Gasteiger partial charge in [-0.05, 0) is 100 Å². The quantitative estimate of drug-likeness (QED) is 0.239. The van der Waals surface area contributed by atoms with Crippen molar-refractivity contribution in [3.8, 4) is 0 Å². The first-order valence-corrected chi connectivity index (χ1v) is 31.7. The maximum Gasteiger partial charge on any atom is 0.419 e. The Labute approximate surface area is 521 Å². The first kappa shape index (κ1) is 72.9. The Kier molecular flexibility index (Phi) is 26.4. The first-order chi connectivity index (χ1) is 41.7. The van der Waals surface area contributed by atoms with Crippen molar-refractivity contribution < 1.29 is 70.3 Å². The van der Waals surface area contributed by atoms with E-state index in [9.17, 15) is 70.3 Å². The normalized spacial score (nSPS) is 26.4. The number of likely N-dealkylation sites (N-methyl/N-ethyl adjacent to an activating group) is 6. The summed E-state index contributed by atoms with van der Waals surface area (Å²) in [6, 6.07) is -5.54. The highest BCUT2D eigenvalue weighted by atomic mass is 19.4. The zero-order valence-electron chi connectivity index (χ0n) is 54.2. The summed E-state index contributed by atoms with van der Waals surface area (Å²) in [5.41, 5.74) is -2.93. The lowest BCUT2D eigenvalue weighted by molar-refractivity contribution is -0.149. The van der Waals surface area contributed by atoms with Crippen LogP contribution >= 0.6 is 0 Å². The van der Waals surface area contributed by atoms with Gasteiger partial charge in [0, 0.05) is 61.3 Å². The van der Waals surface area contributed by atoms with Crippen LogP contribution in [0.3, 0.4) is 0 Å². The fourth-order valence-corrected chi connectivity index (χ4v) is 12.8. The average Bonchev–Trinajstić information content (AvgIpc) is 2.42. The van der Waals surface area contributed by atoms with Crippen molar-refractivity contribution in [3.05, 3.63) is 35.1 Å². The van der Waals surface area contributed by atoms with E-state index < -0.39 is 156 Å². The highest BCUT2D eigenvalue weighted by molar-refractivity contribution is 5.99. The van der Waals surface area contributed by atoms with E-state index in [-0.39, 0.29) is 81.7 Å². The van der Waals surface area contributed by atoms with Crippen molar-refractivity contribution >= 4 is 65.0 Å². The molecule has 8 atom stereocenters. The van der Waals surface area contributed by atoms with Crippen molar-refractivity contribution in [2.45, 2.75) is 211 Å². The molecule has 4 N–H and O–H groups in total. The van der Waals surface area contributed by atoms with Crippen LogP contribution in [0.5, 0.6) is 0 Å². The van der Waals surface area contributed by atoms with Crippen molar-refractivity contribution in [3.63, 3.8) is 0 Å². The number of alkyl halides is 3. The lowest BCUT2D eigenvalue weighted by Crippen LogP contribution is -2.64. The molecule has 4 aliphatic rings. The fraction of sp³-hybridized carbons (Fsp3) is 0.730. The van der Waals surface area contributed by atoms with Crippen LogP contribution in [0.25, 0.3) is 0 Å². The van der Waals surface area contributed by atoms with Gasteiger partial charge in [-0.1, -0.05) is 92.1 Å². The minimum Gasteiger partial charge on any atom is -0.351 e. The number of rotatable bonds is 10. The molecule has 5 rings (SSSR count).